The van der Waals surface area contributed by atoms with Crippen LogP contribution in [0.15, 0.2) is 6.07 Å². The third-order valence-corrected chi connectivity index (χ3v) is 3.93. The van der Waals surface area contributed by atoms with Crippen molar-refractivity contribution in [3.8, 4) is 0 Å². The molecule has 1 rings (SSSR count). The molecule has 3 nitrogen and oxygen atoms in total. The first-order valence-electron chi connectivity index (χ1n) is 7.98. The molecule has 0 bridgehead atoms. The van der Waals surface area contributed by atoms with Crippen molar-refractivity contribution in [1.82, 2.24) is 4.98 Å². The molecule has 1 atom stereocenters. The Morgan fingerprint density at radius 1 is 1.00 bits per heavy atom. The highest BCUT2D eigenvalue weighted by molar-refractivity contribution is 6.37. The molecule has 1 heterocycles. The van der Waals surface area contributed by atoms with Crippen LogP contribution < -0.4 is 10.6 Å². The van der Waals surface area contributed by atoms with E-state index in [9.17, 15) is 0 Å². The predicted octanol–water partition coefficient (Wildman–Crippen LogP) is 5.98. The smallest absolute Gasteiger partial charge is 0.147 e. The predicted molar refractivity (Wildman–Crippen MR) is 94.9 cm³/mol. The Balaban J connectivity index is 2.83. The summed E-state index contributed by atoms with van der Waals surface area (Å²) in [4.78, 5) is 4.55. The zero-order valence-electron chi connectivity index (χ0n) is 13.3. The van der Waals surface area contributed by atoms with E-state index in [4.69, 9.17) is 23.2 Å². The Bertz CT molecular complexity index is 424. The summed E-state index contributed by atoms with van der Waals surface area (Å²) in [5.41, 5.74) is 0. The number of nitrogens with zero attached hydrogens (tertiary/aromatic N) is 1. The van der Waals surface area contributed by atoms with E-state index in [1.165, 1.54) is 12.8 Å². The summed E-state index contributed by atoms with van der Waals surface area (Å²) in [6.45, 7) is 7.37. The molecule has 0 aromatic carbocycles. The molecule has 5 heteroatoms. The summed E-state index contributed by atoms with van der Waals surface area (Å²) in [6, 6.07) is 2.18. The first-order valence-corrected chi connectivity index (χ1v) is 8.74. The molecule has 0 saturated carbocycles. The standard InChI is InChI=1S/C16H27Cl2N3/c1-4-7-9-12(8-5-2)20-16-14(18)11-13(17)15(21-16)19-10-6-3/h11-12H,4-10H2,1-3H3,(H2,19,20,21). The van der Waals surface area contributed by atoms with Gasteiger partial charge in [0.15, 0.2) is 0 Å². The van der Waals surface area contributed by atoms with E-state index in [-0.39, 0.29) is 0 Å². The Morgan fingerprint density at radius 2 is 1.71 bits per heavy atom. The molecule has 0 saturated heterocycles. The largest absolute Gasteiger partial charge is 0.369 e. The summed E-state index contributed by atoms with van der Waals surface area (Å²) in [5.74, 6) is 1.44. The first kappa shape index (κ1) is 18.4. The van der Waals surface area contributed by atoms with Gasteiger partial charge in [0.25, 0.3) is 0 Å². The van der Waals surface area contributed by atoms with Crippen molar-refractivity contribution in [3.05, 3.63) is 16.1 Å². The zero-order chi connectivity index (χ0) is 15.7. The van der Waals surface area contributed by atoms with Crippen molar-refractivity contribution in [2.45, 2.75) is 65.3 Å². The van der Waals surface area contributed by atoms with E-state index >= 15 is 0 Å². The molecule has 1 unspecified atom stereocenters. The molecule has 1 aromatic rings. The number of anilines is 2. The summed E-state index contributed by atoms with van der Waals surface area (Å²) >= 11 is 12.5. The van der Waals surface area contributed by atoms with Crippen LogP contribution in [0, 0.1) is 0 Å². The van der Waals surface area contributed by atoms with Crippen molar-refractivity contribution in [1.29, 1.82) is 0 Å². The number of rotatable bonds is 10. The van der Waals surface area contributed by atoms with Gasteiger partial charge in [0.2, 0.25) is 0 Å². The van der Waals surface area contributed by atoms with E-state index < -0.39 is 0 Å². The number of nitrogens with one attached hydrogen (secondary N) is 2. The molecule has 0 spiro atoms. The van der Waals surface area contributed by atoms with Gasteiger partial charge in [-0.25, -0.2) is 4.98 Å². The number of unbranched alkanes of at least 4 members (excludes halogenated alkanes) is 1. The van der Waals surface area contributed by atoms with Crippen LogP contribution in [0.3, 0.4) is 0 Å². The second kappa shape index (κ2) is 10.1. The van der Waals surface area contributed by atoms with Gasteiger partial charge in [-0.1, -0.05) is 63.2 Å². The van der Waals surface area contributed by atoms with Crippen molar-refractivity contribution in [2.24, 2.45) is 0 Å². The Hall–Kier alpha value is -0.670. The fourth-order valence-corrected chi connectivity index (χ4v) is 2.70. The highest BCUT2D eigenvalue weighted by Crippen LogP contribution is 2.30. The fraction of sp³-hybridized carbons (Fsp3) is 0.688. The van der Waals surface area contributed by atoms with Gasteiger partial charge in [0, 0.05) is 12.6 Å². The van der Waals surface area contributed by atoms with Crippen LogP contribution in [-0.4, -0.2) is 17.6 Å². The van der Waals surface area contributed by atoms with Crippen LogP contribution >= 0.6 is 23.2 Å². The lowest BCUT2D eigenvalue weighted by molar-refractivity contribution is 0.563. The van der Waals surface area contributed by atoms with Gasteiger partial charge in [0.1, 0.15) is 11.6 Å². The molecule has 120 valence electrons. The molecule has 2 N–H and O–H groups in total. The number of halogens is 2. The molecule has 21 heavy (non-hydrogen) atoms. The highest BCUT2D eigenvalue weighted by Gasteiger charge is 2.13. The fourth-order valence-electron chi connectivity index (χ4n) is 2.22. The number of pyridine rings is 1. The van der Waals surface area contributed by atoms with Gasteiger partial charge in [0.05, 0.1) is 10.0 Å². The average molecular weight is 332 g/mol. The lowest BCUT2D eigenvalue weighted by Gasteiger charge is -2.20. The van der Waals surface area contributed by atoms with Crippen molar-refractivity contribution in [3.63, 3.8) is 0 Å². The summed E-state index contributed by atoms with van der Waals surface area (Å²) in [6.07, 6.45) is 6.85. The maximum atomic E-state index is 6.28. The van der Waals surface area contributed by atoms with Crippen LogP contribution in [0.25, 0.3) is 0 Å². The second-order valence-electron chi connectivity index (χ2n) is 5.35. The monoisotopic (exact) mass is 331 g/mol. The van der Waals surface area contributed by atoms with Gasteiger partial charge in [-0.05, 0) is 25.3 Å². The summed E-state index contributed by atoms with van der Waals surface area (Å²) in [7, 11) is 0. The van der Waals surface area contributed by atoms with Gasteiger partial charge < -0.3 is 10.6 Å². The summed E-state index contributed by atoms with van der Waals surface area (Å²) in [5, 5.41) is 7.87. The first-order chi connectivity index (χ1) is 10.1. The maximum Gasteiger partial charge on any atom is 0.147 e. The van der Waals surface area contributed by atoms with Gasteiger partial charge in [-0.2, -0.15) is 0 Å². The van der Waals surface area contributed by atoms with E-state index in [2.05, 4.69) is 36.4 Å². The zero-order valence-corrected chi connectivity index (χ0v) is 14.8. The van der Waals surface area contributed by atoms with Crippen LogP contribution in [0.1, 0.15) is 59.3 Å². The highest BCUT2D eigenvalue weighted by atomic mass is 35.5. The normalized spacial score (nSPS) is 12.2. The molecule has 0 radical (unpaired) electrons. The minimum Gasteiger partial charge on any atom is -0.369 e. The van der Waals surface area contributed by atoms with Crippen LogP contribution in [-0.2, 0) is 0 Å². The number of hydrogen-bond acceptors (Lipinski definition) is 3. The lowest BCUT2D eigenvalue weighted by Crippen LogP contribution is -2.20. The minimum absolute atomic E-state index is 0.417. The maximum absolute atomic E-state index is 6.28. The third kappa shape index (κ3) is 6.31. The average Bonchev–Trinajstić information content (AvgIpc) is 2.46. The van der Waals surface area contributed by atoms with Gasteiger partial charge in [-0.3, -0.25) is 0 Å². The molecule has 1 aromatic heterocycles. The molecule has 0 aliphatic heterocycles. The van der Waals surface area contributed by atoms with E-state index in [0.29, 0.717) is 21.9 Å². The SMILES string of the molecule is CCCCC(CCC)Nc1nc(NCCC)c(Cl)cc1Cl. The number of hydrogen-bond donors (Lipinski definition) is 2. The quantitative estimate of drug-likeness (QED) is 0.553. The van der Waals surface area contributed by atoms with E-state index in [1.54, 1.807) is 6.07 Å². The lowest BCUT2D eigenvalue weighted by atomic mass is 10.1. The van der Waals surface area contributed by atoms with Gasteiger partial charge in [-0.15, -0.1) is 0 Å². The molecule has 0 amide bonds. The summed E-state index contributed by atoms with van der Waals surface area (Å²) < 4.78 is 0. The van der Waals surface area contributed by atoms with Crippen molar-refractivity contribution in [2.75, 3.05) is 17.2 Å². The molecular weight excluding hydrogens is 305 g/mol. The Labute approximate surface area is 138 Å². The topological polar surface area (TPSA) is 37.0 Å². The van der Waals surface area contributed by atoms with Crippen LogP contribution in [0.2, 0.25) is 10.0 Å². The molecule has 0 fully saturated rings. The molecule has 0 aliphatic carbocycles. The van der Waals surface area contributed by atoms with E-state index in [0.717, 1.165) is 38.0 Å². The van der Waals surface area contributed by atoms with Crippen molar-refractivity contribution >= 4 is 34.8 Å². The van der Waals surface area contributed by atoms with Crippen LogP contribution in [0.4, 0.5) is 11.6 Å². The number of aromatic nitrogens is 1. The van der Waals surface area contributed by atoms with Crippen molar-refractivity contribution < 1.29 is 0 Å². The molecular formula is C16H27Cl2N3. The molecule has 0 aliphatic rings. The Morgan fingerprint density at radius 3 is 2.33 bits per heavy atom. The minimum atomic E-state index is 0.417. The second-order valence-corrected chi connectivity index (χ2v) is 6.16. The van der Waals surface area contributed by atoms with E-state index in [1.807, 2.05) is 0 Å². The third-order valence-electron chi connectivity index (χ3n) is 3.36. The van der Waals surface area contributed by atoms with Crippen LogP contribution in [0.5, 0.6) is 0 Å². The Kier molecular flexibility index (Phi) is 8.86. The van der Waals surface area contributed by atoms with Gasteiger partial charge >= 0.3 is 0 Å².